The number of methoxy groups -OCH3 is 3. The van der Waals surface area contributed by atoms with Gasteiger partial charge in [0.25, 0.3) is 0 Å². The van der Waals surface area contributed by atoms with Gasteiger partial charge in [0.2, 0.25) is 0 Å². The van der Waals surface area contributed by atoms with E-state index in [-0.39, 0.29) is 11.1 Å². The Morgan fingerprint density at radius 3 is 1.21 bits per heavy atom. The van der Waals surface area contributed by atoms with Crippen molar-refractivity contribution in [3.8, 4) is 11.3 Å². The van der Waals surface area contributed by atoms with Crippen LogP contribution in [0.25, 0.3) is 11.3 Å². The molecule has 0 aliphatic carbocycles. The predicted octanol–water partition coefficient (Wildman–Crippen LogP) is 11.2. The lowest BCUT2D eigenvalue weighted by Gasteiger charge is -2.32. The molecule has 1 aliphatic heterocycles. The molecule has 3 atom stereocenters. The summed E-state index contributed by atoms with van der Waals surface area (Å²) in [4.78, 5) is 45.1. The molecule has 366 valence electrons. The van der Waals surface area contributed by atoms with Crippen LogP contribution in [0.1, 0.15) is 84.5 Å². The first-order chi connectivity index (χ1) is 33.9. The molecule has 1 aliphatic rings. The molecule has 0 radical (unpaired) electrons. The molecule has 0 spiro atoms. The van der Waals surface area contributed by atoms with Gasteiger partial charge in [0.1, 0.15) is 35.2 Å². The number of hydrogen-bond acceptors (Lipinski definition) is 10. The van der Waals surface area contributed by atoms with Gasteiger partial charge in [-0.1, -0.05) is 131 Å². The molecule has 1 saturated heterocycles. The normalized spacial score (nSPS) is 14.6. The molecule has 7 aromatic rings. The summed E-state index contributed by atoms with van der Waals surface area (Å²) in [5.41, 5.74) is 5.30. The molecule has 1 aromatic heterocycles. The Morgan fingerprint density at radius 1 is 0.521 bits per heavy atom. The second kappa shape index (κ2) is 23.8. The Bertz CT molecular complexity index is 2910. The highest BCUT2D eigenvalue weighted by Gasteiger charge is 2.51. The second-order valence-electron chi connectivity index (χ2n) is 17.4. The van der Waals surface area contributed by atoms with Crippen LogP contribution in [0, 0.1) is 24.4 Å². The van der Waals surface area contributed by atoms with Gasteiger partial charge in [-0.3, -0.25) is 24.4 Å². The van der Waals surface area contributed by atoms with Crippen LogP contribution in [0.3, 0.4) is 0 Å². The maximum atomic E-state index is 14.3. The fourth-order valence-corrected chi connectivity index (χ4v) is 7.94. The number of aromatic nitrogens is 2. The van der Waals surface area contributed by atoms with Gasteiger partial charge in [0.05, 0.1) is 50.1 Å². The third-order valence-corrected chi connectivity index (χ3v) is 12.8. The molecule has 6 aromatic carbocycles. The minimum atomic E-state index is -0.830. The number of halogens is 4. The second-order valence-corrected chi connectivity index (χ2v) is 18.3. The SMILES string of the molecule is COC(=O)C(c1ccc(-c2cnc(C)cn2)cc1)c1ccccc1F.COC(=O)C(c1ccc(B2OC(C)(C)C(C)(C)O2)cc1)c1ccccc1F.COC(=O)C(c1ccc(Br)cc1)c1ccccc1F. The van der Waals surface area contributed by atoms with E-state index in [0.29, 0.717) is 22.3 Å². The van der Waals surface area contributed by atoms with Crippen LogP contribution in [0.4, 0.5) is 13.2 Å². The van der Waals surface area contributed by atoms with Crippen LogP contribution < -0.4 is 5.46 Å². The van der Waals surface area contributed by atoms with Gasteiger partial charge in [-0.2, -0.15) is 0 Å². The molecule has 10 nitrogen and oxygen atoms in total. The zero-order valence-electron chi connectivity index (χ0n) is 40.5. The molecule has 71 heavy (non-hydrogen) atoms. The first kappa shape index (κ1) is 53.4. The summed E-state index contributed by atoms with van der Waals surface area (Å²) in [6.45, 7) is 9.84. The quantitative estimate of drug-likeness (QED) is 0.0703. The topological polar surface area (TPSA) is 123 Å². The molecule has 15 heteroatoms. The highest BCUT2D eigenvalue weighted by Crippen LogP contribution is 2.37. The molecule has 0 bridgehead atoms. The Labute approximate surface area is 420 Å². The van der Waals surface area contributed by atoms with Crippen molar-refractivity contribution in [2.45, 2.75) is 63.6 Å². The Hall–Kier alpha value is -6.94. The minimum absolute atomic E-state index is 0.285. The van der Waals surface area contributed by atoms with Crippen molar-refractivity contribution < 1.29 is 51.1 Å². The van der Waals surface area contributed by atoms with E-state index in [1.165, 1.54) is 39.5 Å². The molecule has 0 saturated carbocycles. The van der Waals surface area contributed by atoms with Gasteiger partial charge in [-0.25, -0.2) is 13.2 Å². The summed E-state index contributed by atoms with van der Waals surface area (Å²) in [7, 11) is 3.41. The smallest absolute Gasteiger partial charge is 0.468 e. The number of carbonyl (C=O) groups excluding carboxylic acids is 3. The van der Waals surface area contributed by atoms with E-state index < -0.39 is 71.4 Å². The first-order valence-corrected chi connectivity index (χ1v) is 23.3. The Balaban J connectivity index is 0.000000177. The van der Waals surface area contributed by atoms with E-state index in [2.05, 4.69) is 25.9 Å². The lowest BCUT2D eigenvalue weighted by Crippen LogP contribution is -2.41. The van der Waals surface area contributed by atoms with E-state index in [1.807, 2.05) is 71.0 Å². The van der Waals surface area contributed by atoms with E-state index in [0.717, 1.165) is 26.9 Å². The van der Waals surface area contributed by atoms with Crippen LogP contribution in [0.5, 0.6) is 0 Å². The summed E-state index contributed by atoms with van der Waals surface area (Å²) in [5.74, 6) is -5.19. The number of esters is 3. The molecular formula is C56H53BBrF3N2O8. The standard InChI is InChI=1S/C21H24BFO4.C20H17FN2O2.C15H12BrFO2/c1-20(2)21(3,4)27-22(26-20)15-12-10-14(11-13-15)18(19(24)25-5)16-8-6-7-9-17(16)23;1-13-11-23-18(12-22-13)14-7-9-15(10-8-14)19(20(24)25-2)16-5-3-4-6-17(16)21;1-19-15(18)14(10-6-8-11(16)9-7-10)12-4-2-3-5-13(12)17/h6-13,18H,1-5H3;3-12,19H,1-2H3;2-9,14H,1H3. The highest BCUT2D eigenvalue weighted by atomic mass is 79.9. The predicted molar refractivity (Wildman–Crippen MR) is 269 cm³/mol. The summed E-state index contributed by atoms with van der Waals surface area (Å²) in [6.07, 6.45) is 3.39. The Morgan fingerprint density at radius 2 is 0.873 bits per heavy atom. The van der Waals surface area contributed by atoms with Crippen LogP contribution in [-0.2, 0) is 37.9 Å². The number of nitrogens with zero attached hydrogens (tertiary/aromatic N) is 2. The molecule has 2 heterocycles. The number of rotatable bonds is 11. The van der Waals surface area contributed by atoms with E-state index in [1.54, 1.807) is 103 Å². The third-order valence-electron chi connectivity index (χ3n) is 12.3. The zero-order chi connectivity index (χ0) is 51.5. The van der Waals surface area contributed by atoms with Crippen molar-refractivity contribution in [3.63, 3.8) is 0 Å². The van der Waals surface area contributed by atoms with Gasteiger partial charge >= 0.3 is 25.0 Å². The van der Waals surface area contributed by atoms with Gasteiger partial charge in [-0.05, 0) is 87.1 Å². The van der Waals surface area contributed by atoms with Crippen molar-refractivity contribution >= 4 is 46.4 Å². The van der Waals surface area contributed by atoms with E-state index >= 15 is 0 Å². The maximum Gasteiger partial charge on any atom is 0.494 e. The number of carbonyl (C=O) groups is 3. The van der Waals surface area contributed by atoms with Crippen molar-refractivity contribution in [2.24, 2.45) is 0 Å². The van der Waals surface area contributed by atoms with Gasteiger partial charge in [0, 0.05) is 32.9 Å². The van der Waals surface area contributed by atoms with Gasteiger partial charge < -0.3 is 23.5 Å². The Kier molecular flexibility index (Phi) is 17.9. The average Bonchev–Trinajstić information content (AvgIpc) is 3.60. The lowest BCUT2D eigenvalue weighted by atomic mass is 9.78. The van der Waals surface area contributed by atoms with E-state index in [9.17, 15) is 27.6 Å². The van der Waals surface area contributed by atoms with Crippen LogP contribution >= 0.6 is 15.9 Å². The molecule has 1 fully saturated rings. The lowest BCUT2D eigenvalue weighted by molar-refractivity contribution is -0.142. The van der Waals surface area contributed by atoms with Crippen molar-refractivity contribution in [1.29, 1.82) is 0 Å². The highest BCUT2D eigenvalue weighted by molar-refractivity contribution is 9.10. The third kappa shape index (κ3) is 12.9. The summed E-state index contributed by atoms with van der Waals surface area (Å²) in [5, 5.41) is 0. The molecule has 0 amide bonds. The maximum absolute atomic E-state index is 14.3. The fraction of sp³-hybridized carbons (Fsp3) is 0.232. The number of hydrogen-bond donors (Lipinski definition) is 0. The minimum Gasteiger partial charge on any atom is -0.468 e. The number of aryl methyl sites for hydroxylation is 1. The van der Waals surface area contributed by atoms with Crippen LogP contribution in [0.2, 0.25) is 0 Å². The van der Waals surface area contributed by atoms with Crippen molar-refractivity contribution in [2.75, 3.05) is 21.3 Å². The van der Waals surface area contributed by atoms with Crippen molar-refractivity contribution in [1.82, 2.24) is 9.97 Å². The molecule has 8 rings (SSSR count). The molecule has 3 unspecified atom stereocenters. The fourth-order valence-electron chi connectivity index (χ4n) is 7.68. The molecular weight excluding hydrogens is 976 g/mol. The van der Waals surface area contributed by atoms with E-state index in [4.69, 9.17) is 23.5 Å². The number of ether oxygens (including phenoxy) is 3. The van der Waals surface area contributed by atoms with Crippen molar-refractivity contribution in [3.05, 3.63) is 219 Å². The average molecular weight is 1030 g/mol. The summed E-state index contributed by atoms with van der Waals surface area (Å²) >= 11 is 3.33. The summed E-state index contributed by atoms with van der Waals surface area (Å²) < 4.78 is 69.9. The molecule has 0 N–H and O–H groups in total. The summed E-state index contributed by atoms with van der Waals surface area (Å²) in [6, 6.07) is 40.3. The van der Waals surface area contributed by atoms with Gasteiger partial charge in [-0.15, -0.1) is 0 Å². The van der Waals surface area contributed by atoms with Gasteiger partial charge in [0.15, 0.2) is 0 Å². The number of benzene rings is 6. The zero-order valence-corrected chi connectivity index (χ0v) is 42.1. The first-order valence-electron chi connectivity index (χ1n) is 22.5. The largest absolute Gasteiger partial charge is 0.494 e. The monoisotopic (exact) mass is 1030 g/mol. The van der Waals surface area contributed by atoms with Crippen LogP contribution in [0.15, 0.2) is 162 Å². The van der Waals surface area contributed by atoms with Crippen LogP contribution in [-0.4, -0.2) is 67.5 Å².